The maximum Gasteiger partial charge on any atom is 0.128 e. The van der Waals surface area contributed by atoms with Crippen LogP contribution in [-0.4, -0.2) is 11.5 Å². The van der Waals surface area contributed by atoms with Crippen molar-refractivity contribution in [1.82, 2.24) is 4.98 Å². The molecule has 1 N–H and O–H groups in total. The van der Waals surface area contributed by atoms with Crippen molar-refractivity contribution in [2.45, 2.75) is 39.5 Å². The number of nitrogens with zero attached hydrogens (tertiary/aromatic N) is 1. The molecule has 1 aliphatic rings. The van der Waals surface area contributed by atoms with Gasteiger partial charge in [0.2, 0.25) is 0 Å². The third-order valence-corrected chi connectivity index (χ3v) is 3.97. The lowest BCUT2D eigenvalue weighted by atomic mass is 9.89. The molecule has 0 aromatic carbocycles. The van der Waals surface area contributed by atoms with Gasteiger partial charge in [-0.3, -0.25) is 0 Å². The highest BCUT2D eigenvalue weighted by atomic mass is 79.9. The molecule has 88 valence electrons. The van der Waals surface area contributed by atoms with E-state index < -0.39 is 0 Å². The molecule has 1 heterocycles. The van der Waals surface area contributed by atoms with Gasteiger partial charge in [0.1, 0.15) is 5.82 Å². The number of aryl methyl sites for hydroxylation is 1. The lowest BCUT2D eigenvalue weighted by Gasteiger charge is -2.24. The van der Waals surface area contributed by atoms with Crippen molar-refractivity contribution in [3.8, 4) is 0 Å². The third-order valence-electron chi connectivity index (χ3n) is 3.54. The normalized spacial score (nSPS) is 18.7. The van der Waals surface area contributed by atoms with Gasteiger partial charge in [0.25, 0.3) is 0 Å². The van der Waals surface area contributed by atoms with E-state index in [4.69, 9.17) is 0 Å². The number of pyridine rings is 1. The van der Waals surface area contributed by atoms with Crippen LogP contribution in [0.15, 0.2) is 16.7 Å². The topological polar surface area (TPSA) is 24.9 Å². The highest BCUT2D eigenvalue weighted by Crippen LogP contribution is 2.37. The Kier molecular flexibility index (Phi) is 3.53. The highest BCUT2D eigenvalue weighted by molar-refractivity contribution is 9.10. The molecule has 1 fully saturated rings. The second-order valence-electron chi connectivity index (χ2n) is 5.19. The Morgan fingerprint density at radius 3 is 2.75 bits per heavy atom. The summed E-state index contributed by atoms with van der Waals surface area (Å²) >= 11 is 3.43. The van der Waals surface area contributed by atoms with Crippen LogP contribution in [-0.2, 0) is 0 Å². The fourth-order valence-electron chi connectivity index (χ4n) is 2.43. The van der Waals surface area contributed by atoms with E-state index in [0.29, 0.717) is 5.41 Å². The molecule has 0 atom stereocenters. The molecule has 1 aromatic rings. The second kappa shape index (κ2) is 4.74. The molecule has 0 unspecified atom stereocenters. The maximum absolute atomic E-state index is 4.41. The Bertz CT molecular complexity index is 370. The number of hydrogen-bond donors (Lipinski definition) is 1. The average molecular weight is 283 g/mol. The number of nitrogens with one attached hydrogen (secondary N) is 1. The summed E-state index contributed by atoms with van der Waals surface area (Å²) in [7, 11) is 0. The molecule has 16 heavy (non-hydrogen) atoms. The summed E-state index contributed by atoms with van der Waals surface area (Å²) in [6, 6.07) is 2.10. The summed E-state index contributed by atoms with van der Waals surface area (Å²) in [4.78, 5) is 4.41. The molecule has 1 aliphatic carbocycles. The number of rotatable bonds is 3. The minimum absolute atomic E-state index is 0.473. The van der Waals surface area contributed by atoms with E-state index in [2.05, 4.69) is 46.1 Å². The van der Waals surface area contributed by atoms with Crippen LogP contribution in [0.1, 0.15) is 38.2 Å². The van der Waals surface area contributed by atoms with Gasteiger partial charge in [-0.05, 0) is 52.7 Å². The monoisotopic (exact) mass is 282 g/mol. The molecule has 1 saturated carbocycles. The number of hydrogen-bond acceptors (Lipinski definition) is 2. The van der Waals surface area contributed by atoms with Crippen LogP contribution in [0.2, 0.25) is 0 Å². The number of halogens is 1. The molecular weight excluding hydrogens is 264 g/mol. The number of anilines is 1. The third kappa shape index (κ3) is 2.76. The summed E-state index contributed by atoms with van der Waals surface area (Å²) in [5.41, 5.74) is 1.68. The van der Waals surface area contributed by atoms with Crippen LogP contribution in [0, 0.1) is 12.3 Å². The molecule has 2 nitrogen and oxygen atoms in total. The zero-order chi connectivity index (χ0) is 11.6. The first-order chi connectivity index (χ1) is 7.59. The summed E-state index contributed by atoms with van der Waals surface area (Å²) in [6.45, 7) is 5.51. The van der Waals surface area contributed by atoms with Crippen molar-refractivity contribution in [2.75, 3.05) is 11.9 Å². The number of aromatic nitrogens is 1. The van der Waals surface area contributed by atoms with Crippen molar-refractivity contribution in [2.24, 2.45) is 5.41 Å². The molecule has 3 heteroatoms. The molecule has 0 amide bonds. The fraction of sp³-hybridized carbons (Fsp3) is 0.615. The van der Waals surface area contributed by atoms with Crippen LogP contribution in [0.5, 0.6) is 0 Å². The van der Waals surface area contributed by atoms with Gasteiger partial charge in [0.15, 0.2) is 0 Å². The zero-order valence-electron chi connectivity index (χ0n) is 10.0. The second-order valence-corrected chi connectivity index (χ2v) is 6.11. The van der Waals surface area contributed by atoms with Gasteiger partial charge in [-0.15, -0.1) is 0 Å². The largest absolute Gasteiger partial charge is 0.369 e. The van der Waals surface area contributed by atoms with E-state index >= 15 is 0 Å². The Morgan fingerprint density at radius 1 is 1.44 bits per heavy atom. The highest BCUT2D eigenvalue weighted by Gasteiger charge is 2.28. The molecule has 2 rings (SSSR count). The molecule has 1 aromatic heterocycles. The first kappa shape index (κ1) is 11.9. The lowest BCUT2D eigenvalue weighted by Crippen LogP contribution is -2.23. The van der Waals surface area contributed by atoms with E-state index in [0.717, 1.165) is 16.8 Å². The molecule has 0 saturated heterocycles. The van der Waals surface area contributed by atoms with Crippen LogP contribution in [0.3, 0.4) is 0 Å². The van der Waals surface area contributed by atoms with Crippen molar-refractivity contribution < 1.29 is 0 Å². The Hall–Kier alpha value is -0.570. The zero-order valence-corrected chi connectivity index (χ0v) is 11.6. The van der Waals surface area contributed by atoms with Gasteiger partial charge in [0, 0.05) is 17.2 Å². The van der Waals surface area contributed by atoms with Crippen molar-refractivity contribution in [3.05, 3.63) is 22.3 Å². The van der Waals surface area contributed by atoms with Gasteiger partial charge < -0.3 is 5.32 Å². The molecule has 0 bridgehead atoms. The molecular formula is C13H19BrN2. The van der Waals surface area contributed by atoms with Crippen LogP contribution >= 0.6 is 15.9 Å². The van der Waals surface area contributed by atoms with Crippen LogP contribution < -0.4 is 5.32 Å². The van der Waals surface area contributed by atoms with Gasteiger partial charge in [-0.1, -0.05) is 19.8 Å². The van der Waals surface area contributed by atoms with Crippen molar-refractivity contribution in [1.29, 1.82) is 0 Å². The van der Waals surface area contributed by atoms with Crippen molar-refractivity contribution >= 4 is 21.7 Å². The van der Waals surface area contributed by atoms with E-state index in [1.807, 2.05) is 6.20 Å². The first-order valence-corrected chi connectivity index (χ1v) is 6.74. The first-order valence-electron chi connectivity index (χ1n) is 5.95. The predicted molar refractivity (Wildman–Crippen MR) is 71.7 cm³/mol. The van der Waals surface area contributed by atoms with Crippen LogP contribution in [0.25, 0.3) is 0 Å². The van der Waals surface area contributed by atoms with E-state index in [1.165, 1.54) is 31.2 Å². The summed E-state index contributed by atoms with van der Waals surface area (Å²) in [5.74, 6) is 1.02. The predicted octanol–water partition coefficient (Wildman–Crippen LogP) is 4.14. The molecule has 0 spiro atoms. The summed E-state index contributed by atoms with van der Waals surface area (Å²) in [6.07, 6.45) is 7.30. The fourth-order valence-corrected chi connectivity index (χ4v) is 2.87. The van der Waals surface area contributed by atoms with E-state index in [-0.39, 0.29) is 0 Å². The molecule has 0 aliphatic heterocycles. The van der Waals surface area contributed by atoms with Gasteiger partial charge >= 0.3 is 0 Å². The Labute approximate surface area is 106 Å². The van der Waals surface area contributed by atoms with Gasteiger partial charge in [-0.2, -0.15) is 0 Å². The minimum Gasteiger partial charge on any atom is -0.369 e. The lowest BCUT2D eigenvalue weighted by molar-refractivity contribution is 0.361. The standard InChI is InChI=1S/C13H19BrN2/c1-10-7-11(14)8-15-12(10)16-9-13(2)5-3-4-6-13/h7-8H,3-6,9H2,1-2H3,(H,15,16). The smallest absolute Gasteiger partial charge is 0.128 e. The van der Waals surface area contributed by atoms with Crippen LogP contribution in [0.4, 0.5) is 5.82 Å². The summed E-state index contributed by atoms with van der Waals surface area (Å²) in [5, 5.41) is 3.49. The Balaban J connectivity index is 1.99. The van der Waals surface area contributed by atoms with Gasteiger partial charge in [-0.25, -0.2) is 4.98 Å². The van der Waals surface area contributed by atoms with E-state index in [9.17, 15) is 0 Å². The SMILES string of the molecule is Cc1cc(Br)cnc1NCC1(C)CCCC1. The molecule has 0 radical (unpaired) electrons. The average Bonchev–Trinajstić information content (AvgIpc) is 2.64. The summed E-state index contributed by atoms with van der Waals surface area (Å²) < 4.78 is 1.04. The Morgan fingerprint density at radius 2 is 2.12 bits per heavy atom. The minimum atomic E-state index is 0.473. The van der Waals surface area contributed by atoms with Crippen molar-refractivity contribution in [3.63, 3.8) is 0 Å². The van der Waals surface area contributed by atoms with E-state index in [1.54, 1.807) is 0 Å². The quantitative estimate of drug-likeness (QED) is 0.901. The maximum atomic E-state index is 4.41. The van der Waals surface area contributed by atoms with Gasteiger partial charge in [0.05, 0.1) is 0 Å².